The Labute approximate surface area is 209 Å². The molecule has 0 radical (unpaired) electrons. The van der Waals surface area contributed by atoms with Crippen LogP contribution in [0, 0.1) is 0 Å². The van der Waals surface area contributed by atoms with E-state index in [9.17, 15) is 0 Å². The number of fused-ring (bicyclic) bond motifs is 6. The molecule has 35 heavy (non-hydrogen) atoms. The Kier molecular flexibility index (Phi) is 4.92. The molecule has 0 atom stereocenters. The van der Waals surface area contributed by atoms with Gasteiger partial charge in [0.15, 0.2) is 0 Å². The summed E-state index contributed by atoms with van der Waals surface area (Å²) in [4.78, 5) is 4.84. The third-order valence-corrected chi connectivity index (χ3v) is 11.5. The number of nitrogens with zero attached hydrogens (tertiary/aromatic N) is 1. The SMILES string of the molecule is CC(C)(C)c1cc(-c2nccc3c2oc2c4cc[c]([Ge]([CH3])([CH3])[CH3])cc4ccc32)cc2ccccc12. The smallest absolute Gasteiger partial charge is 0.0616 e. The summed E-state index contributed by atoms with van der Waals surface area (Å²) >= 11 is -1.91. The van der Waals surface area contributed by atoms with E-state index in [1.807, 2.05) is 6.20 Å². The molecule has 0 bridgehead atoms. The van der Waals surface area contributed by atoms with Crippen molar-refractivity contribution in [2.24, 2.45) is 0 Å². The predicted octanol–water partition coefficient (Wildman–Crippen LogP) is 8.80. The van der Waals surface area contributed by atoms with E-state index in [0.717, 1.165) is 33.2 Å². The quantitative estimate of drug-likeness (QED) is 0.214. The van der Waals surface area contributed by atoms with Crippen LogP contribution in [0.2, 0.25) is 17.3 Å². The first-order valence-electron chi connectivity index (χ1n) is 12.4. The fraction of sp³-hybridized carbons (Fsp3) is 0.219. The molecule has 6 aromatic rings. The molecule has 0 unspecified atom stereocenters. The number of pyridine rings is 1. The van der Waals surface area contributed by atoms with Crippen LogP contribution < -0.4 is 4.40 Å². The van der Waals surface area contributed by atoms with Crippen LogP contribution in [0.15, 0.2) is 83.4 Å². The molecule has 4 aromatic carbocycles. The summed E-state index contributed by atoms with van der Waals surface area (Å²) in [6.07, 6.45) is 1.92. The third kappa shape index (κ3) is 3.66. The summed E-state index contributed by atoms with van der Waals surface area (Å²) in [5.41, 5.74) is 5.17. The predicted molar refractivity (Wildman–Crippen MR) is 154 cm³/mol. The zero-order valence-electron chi connectivity index (χ0n) is 21.4. The fourth-order valence-electron chi connectivity index (χ4n) is 5.23. The standard InChI is InChI=1S/C32H31GeNO/c1-32(2,3)28-19-22(17-20-9-7-8-10-24(20)28)29-31-27(15-16-34-29)26-13-11-21-18-23(33(4,5)6)12-14-25(21)30(26)35-31/h7-19H,1-6H3. The number of benzene rings is 4. The second-order valence-electron chi connectivity index (χ2n) is 11.8. The van der Waals surface area contributed by atoms with Crippen molar-refractivity contribution in [3.8, 4) is 11.3 Å². The average molecular weight is 518 g/mol. The molecule has 0 aliphatic heterocycles. The van der Waals surface area contributed by atoms with Gasteiger partial charge in [0.05, 0.1) is 0 Å². The van der Waals surface area contributed by atoms with E-state index in [0.29, 0.717) is 0 Å². The average Bonchev–Trinajstić information content (AvgIpc) is 3.21. The Bertz CT molecular complexity index is 1760. The number of hydrogen-bond acceptors (Lipinski definition) is 2. The topological polar surface area (TPSA) is 26.0 Å². The molecule has 0 saturated heterocycles. The molecule has 2 heterocycles. The minimum Gasteiger partial charge on any atom is -0.0616 e. The molecular weight excluding hydrogens is 487 g/mol. The van der Waals surface area contributed by atoms with Crippen LogP contribution >= 0.6 is 0 Å². The normalized spacial score (nSPS) is 12.9. The van der Waals surface area contributed by atoms with Gasteiger partial charge in [0.2, 0.25) is 0 Å². The second-order valence-corrected chi connectivity index (χ2v) is 22.4. The summed E-state index contributed by atoms with van der Waals surface area (Å²) in [5, 5.41) is 7.23. The summed E-state index contributed by atoms with van der Waals surface area (Å²) in [5.74, 6) is 7.32. The van der Waals surface area contributed by atoms with Gasteiger partial charge >= 0.3 is 171 Å². The van der Waals surface area contributed by atoms with Crippen molar-refractivity contribution in [2.45, 2.75) is 43.5 Å². The Balaban J connectivity index is 1.64. The zero-order valence-corrected chi connectivity index (χ0v) is 23.5. The van der Waals surface area contributed by atoms with Crippen LogP contribution in [0.1, 0.15) is 26.3 Å². The first-order chi connectivity index (χ1) is 16.6. The van der Waals surface area contributed by atoms with Crippen molar-refractivity contribution in [3.05, 3.63) is 84.6 Å². The fourth-order valence-corrected chi connectivity index (χ4v) is 7.69. The number of aromatic nitrogens is 1. The van der Waals surface area contributed by atoms with Crippen molar-refractivity contribution >= 4 is 61.1 Å². The second kappa shape index (κ2) is 7.70. The maximum absolute atomic E-state index is 6.67. The van der Waals surface area contributed by atoms with E-state index < -0.39 is 13.3 Å². The molecule has 0 spiro atoms. The number of rotatable bonds is 2. The van der Waals surface area contributed by atoms with Gasteiger partial charge in [-0.25, -0.2) is 0 Å². The molecule has 0 fully saturated rings. The van der Waals surface area contributed by atoms with Crippen LogP contribution in [-0.4, -0.2) is 18.3 Å². The van der Waals surface area contributed by atoms with Crippen molar-refractivity contribution in [1.82, 2.24) is 4.98 Å². The molecule has 3 heteroatoms. The van der Waals surface area contributed by atoms with E-state index in [-0.39, 0.29) is 5.41 Å². The van der Waals surface area contributed by atoms with Crippen LogP contribution in [-0.2, 0) is 5.41 Å². The molecule has 2 nitrogen and oxygen atoms in total. The maximum atomic E-state index is 6.67. The first kappa shape index (κ1) is 22.4. The summed E-state index contributed by atoms with van der Waals surface area (Å²) < 4.78 is 8.18. The van der Waals surface area contributed by atoms with Crippen molar-refractivity contribution in [2.75, 3.05) is 0 Å². The first-order valence-corrected chi connectivity index (χ1v) is 19.7. The molecule has 174 valence electrons. The van der Waals surface area contributed by atoms with E-state index in [1.165, 1.54) is 31.5 Å². The van der Waals surface area contributed by atoms with Crippen LogP contribution in [0.5, 0.6) is 0 Å². The van der Waals surface area contributed by atoms with Crippen LogP contribution in [0.3, 0.4) is 0 Å². The molecule has 0 aliphatic rings. The molecule has 0 N–H and O–H groups in total. The monoisotopic (exact) mass is 519 g/mol. The Morgan fingerprint density at radius 1 is 0.686 bits per heavy atom. The van der Waals surface area contributed by atoms with Gasteiger partial charge in [0, 0.05) is 0 Å². The summed E-state index contributed by atoms with van der Waals surface area (Å²) in [6.45, 7) is 6.82. The summed E-state index contributed by atoms with van der Waals surface area (Å²) in [7, 11) is 0. The van der Waals surface area contributed by atoms with E-state index in [4.69, 9.17) is 9.40 Å². The number of hydrogen-bond donors (Lipinski definition) is 0. The molecular formula is C32H31GeNO. The molecule has 6 rings (SSSR count). The molecule has 0 saturated carbocycles. The van der Waals surface area contributed by atoms with E-state index in [2.05, 4.69) is 111 Å². The van der Waals surface area contributed by atoms with Gasteiger partial charge in [0.25, 0.3) is 0 Å². The van der Waals surface area contributed by atoms with Gasteiger partial charge in [-0.3, -0.25) is 0 Å². The minimum absolute atomic E-state index is 0.0167. The minimum atomic E-state index is -1.91. The Morgan fingerprint density at radius 3 is 2.17 bits per heavy atom. The van der Waals surface area contributed by atoms with Gasteiger partial charge < -0.3 is 0 Å². The van der Waals surface area contributed by atoms with Crippen molar-refractivity contribution in [3.63, 3.8) is 0 Å². The van der Waals surface area contributed by atoms with Gasteiger partial charge in [-0.05, 0) is 0 Å². The third-order valence-electron chi connectivity index (χ3n) is 7.18. The van der Waals surface area contributed by atoms with Gasteiger partial charge in [-0.15, -0.1) is 0 Å². The van der Waals surface area contributed by atoms with E-state index >= 15 is 0 Å². The van der Waals surface area contributed by atoms with Crippen molar-refractivity contribution in [1.29, 1.82) is 0 Å². The Hall–Kier alpha value is -3.11. The number of furan rings is 1. The zero-order chi connectivity index (χ0) is 24.5. The van der Waals surface area contributed by atoms with Crippen molar-refractivity contribution < 1.29 is 4.42 Å². The molecule has 2 aromatic heterocycles. The molecule has 0 aliphatic carbocycles. The Morgan fingerprint density at radius 2 is 1.40 bits per heavy atom. The molecule has 0 amide bonds. The van der Waals surface area contributed by atoms with Gasteiger partial charge in [0.1, 0.15) is 0 Å². The van der Waals surface area contributed by atoms with E-state index in [1.54, 1.807) is 0 Å². The van der Waals surface area contributed by atoms with Gasteiger partial charge in [-0.2, -0.15) is 0 Å². The van der Waals surface area contributed by atoms with Crippen LogP contribution in [0.4, 0.5) is 0 Å². The summed E-state index contributed by atoms with van der Waals surface area (Å²) in [6, 6.07) is 26.7. The van der Waals surface area contributed by atoms with Crippen LogP contribution in [0.25, 0.3) is 54.7 Å². The van der Waals surface area contributed by atoms with Gasteiger partial charge in [-0.1, -0.05) is 39.0 Å².